The van der Waals surface area contributed by atoms with Gasteiger partial charge in [0.25, 0.3) is 11.4 Å². The second-order valence-electron chi connectivity index (χ2n) is 7.27. The summed E-state index contributed by atoms with van der Waals surface area (Å²) < 4.78 is 12.6. The van der Waals surface area contributed by atoms with Gasteiger partial charge < -0.3 is 9.15 Å². The molecule has 0 saturated carbocycles. The number of hydrogen-bond donors (Lipinski definition) is 0. The van der Waals surface area contributed by atoms with Crippen LogP contribution in [-0.2, 0) is 24.3 Å². The summed E-state index contributed by atoms with van der Waals surface area (Å²) in [5.41, 5.74) is 2.63. The number of fused-ring (bicyclic) bond motifs is 2. The molecule has 8 heteroatoms. The summed E-state index contributed by atoms with van der Waals surface area (Å²) in [4.78, 5) is 29.5. The molecule has 0 bridgehead atoms. The van der Waals surface area contributed by atoms with E-state index in [-0.39, 0.29) is 18.1 Å². The molecule has 0 N–H and O–H groups in total. The van der Waals surface area contributed by atoms with Crippen molar-refractivity contribution in [2.45, 2.75) is 32.9 Å². The molecule has 0 saturated heterocycles. The van der Waals surface area contributed by atoms with Gasteiger partial charge in [-0.3, -0.25) is 9.36 Å². The van der Waals surface area contributed by atoms with Crippen LogP contribution in [0.25, 0.3) is 22.4 Å². The number of carbonyl (C=O) groups is 1. The SMILES string of the molecule is Cc1cccc(-c2nnc(COC(=O)c3ccc4c(=O)n5c(nc4c3)CCC5)o2)c1. The van der Waals surface area contributed by atoms with Gasteiger partial charge in [0.2, 0.25) is 5.89 Å². The molecule has 4 aromatic rings. The van der Waals surface area contributed by atoms with Crippen molar-refractivity contribution in [2.75, 3.05) is 0 Å². The van der Waals surface area contributed by atoms with Crippen molar-refractivity contribution < 1.29 is 13.9 Å². The van der Waals surface area contributed by atoms with E-state index in [1.807, 2.05) is 31.2 Å². The Hall–Kier alpha value is -3.81. The van der Waals surface area contributed by atoms with Crippen molar-refractivity contribution >= 4 is 16.9 Å². The first-order chi connectivity index (χ1) is 14.6. The lowest BCUT2D eigenvalue weighted by Gasteiger charge is -2.07. The number of hydrogen-bond acceptors (Lipinski definition) is 7. The zero-order valence-corrected chi connectivity index (χ0v) is 16.3. The highest BCUT2D eigenvalue weighted by Gasteiger charge is 2.18. The maximum Gasteiger partial charge on any atom is 0.338 e. The van der Waals surface area contributed by atoms with Gasteiger partial charge in [-0.25, -0.2) is 9.78 Å². The molecule has 3 heterocycles. The summed E-state index contributed by atoms with van der Waals surface area (Å²) in [6.07, 6.45) is 1.67. The smallest absolute Gasteiger partial charge is 0.338 e. The molecule has 30 heavy (non-hydrogen) atoms. The Balaban J connectivity index is 1.33. The zero-order chi connectivity index (χ0) is 20.7. The van der Waals surface area contributed by atoms with Crippen LogP contribution in [0.1, 0.15) is 34.1 Å². The Morgan fingerprint density at radius 3 is 2.97 bits per heavy atom. The lowest BCUT2D eigenvalue weighted by molar-refractivity contribution is 0.0439. The minimum absolute atomic E-state index is 0.0676. The lowest BCUT2D eigenvalue weighted by Crippen LogP contribution is -2.21. The summed E-state index contributed by atoms with van der Waals surface area (Å²) in [5, 5.41) is 8.44. The van der Waals surface area contributed by atoms with Crippen LogP contribution in [0.2, 0.25) is 0 Å². The Kier molecular flexibility index (Phi) is 4.39. The summed E-state index contributed by atoms with van der Waals surface area (Å²) in [6.45, 7) is 2.52. The molecule has 0 amide bonds. The molecule has 2 aromatic carbocycles. The number of esters is 1. The van der Waals surface area contributed by atoms with Crippen molar-refractivity contribution in [1.82, 2.24) is 19.7 Å². The number of aryl methyl sites for hydroxylation is 2. The first-order valence-electron chi connectivity index (χ1n) is 9.68. The Morgan fingerprint density at radius 1 is 1.20 bits per heavy atom. The fraction of sp³-hybridized carbons (Fsp3) is 0.227. The van der Waals surface area contributed by atoms with Crippen molar-refractivity contribution in [2.24, 2.45) is 0 Å². The normalized spacial score (nSPS) is 12.8. The average molecular weight is 402 g/mol. The molecule has 150 valence electrons. The summed E-state index contributed by atoms with van der Waals surface area (Å²) >= 11 is 0. The van der Waals surface area contributed by atoms with E-state index in [9.17, 15) is 9.59 Å². The molecule has 2 aromatic heterocycles. The van der Waals surface area contributed by atoms with Crippen LogP contribution >= 0.6 is 0 Å². The Bertz CT molecular complexity index is 1340. The van der Waals surface area contributed by atoms with Crippen molar-refractivity contribution in [1.29, 1.82) is 0 Å². The second-order valence-corrected chi connectivity index (χ2v) is 7.27. The largest absolute Gasteiger partial charge is 0.452 e. The third-order valence-electron chi connectivity index (χ3n) is 5.11. The number of ether oxygens (including phenoxy) is 1. The summed E-state index contributed by atoms with van der Waals surface area (Å²) in [7, 11) is 0. The molecule has 1 aliphatic heterocycles. The summed E-state index contributed by atoms with van der Waals surface area (Å²) in [5.74, 6) is 0.783. The third-order valence-corrected chi connectivity index (χ3v) is 5.11. The molecule has 0 fully saturated rings. The molecule has 0 atom stereocenters. The van der Waals surface area contributed by atoms with Gasteiger partial charge in [-0.1, -0.05) is 17.7 Å². The van der Waals surface area contributed by atoms with E-state index in [0.29, 0.717) is 28.9 Å². The molecule has 8 nitrogen and oxygen atoms in total. The summed E-state index contributed by atoms with van der Waals surface area (Å²) in [6, 6.07) is 12.5. The van der Waals surface area contributed by atoms with E-state index < -0.39 is 5.97 Å². The van der Waals surface area contributed by atoms with Gasteiger partial charge in [0, 0.05) is 18.5 Å². The highest BCUT2D eigenvalue weighted by molar-refractivity contribution is 5.94. The topological polar surface area (TPSA) is 100 Å². The van der Waals surface area contributed by atoms with Crippen LogP contribution < -0.4 is 5.56 Å². The van der Waals surface area contributed by atoms with E-state index in [4.69, 9.17) is 9.15 Å². The van der Waals surface area contributed by atoms with Gasteiger partial charge in [0.05, 0.1) is 16.5 Å². The molecular weight excluding hydrogens is 384 g/mol. The fourth-order valence-electron chi connectivity index (χ4n) is 3.63. The van der Waals surface area contributed by atoms with Gasteiger partial charge in [0.1, 0.15) is 5.82 Å². The molecular formula is C22H18N4O4. The number of benzene rings is 2. The molecule has 1 aliphatic rings. The quantitative estimate of drug-likeness (QED) is 0.484. The minimum Gasteiger partial charge on any atom is -0.452 e. The van der Waals surface area contributed by atoms with E-state index >= 15 is 0 Å². The van der Waals surface area contributed by atoms with Crippen molar-refractivity contribution in [3.05, 3.63) is 75.7 Å². The van der Waals surface area contributed by atoms with Crippen molar-refractivity contribution in [3.63, 3.8) is 0 Å². The van der Waals surface area contributed by atoms with E-state index in [0.717, 1.165) is 29.8 Å². The van der Waals surface area contributed by atoms with Crippen LogP contribution in [0, 0.1) is 6.92 Å². The van der Waals surface area contributed by atoms with Crippen LogP contribution in [0.3, 0.4) is 0 Å². The van der Waals surface area contributed by atoms with Gasteiger partial charge in [-0.15, -0.1) is 10.2 Å². The molecule has 0 spiro atoms. The highest BCUT2D eigenvalue weighted by Crippen LogP contribution is 2.20. The number of nitrogens with zero attached hydrogens (tertiary/aromatic N) is 4. The van der Waals surface area contributed by atoms with Crippen LogP contribution in [-0.4, -0.2) is 25.7 Å². The van der Waals surface area contributed by atoms with E-state index in [1.54, 1.807) is 22.8 Å². The first kappa shape index (κ1) is 18.2. The fourth-order valence-corrected chi connectivity index (χ4v) is 3.63. The average Bonchev–Trinajstić information content (AvgIpc) is 3.41. The van der Waals surface area contributed by atoms with E-state index in [2.05, 4.69) is 15.2 Å². The maximum atomic E-state index is 12.5. The molecule has 0 unspecified atom stereocenters. The molecule has 0 radical (unpaired) electrons. The third kappa shape index (κ3) is 3.26. The predicted octanol–water partition coefficient (Wildman–Crippen LogP) is 3.06. The maximum absolute atomic E-state index is 12.5. The number of aromatic nitrogens is 4. The second kappa shape index (κ2) is 7.22. The van der Waals surface area contributed by atoms with Crippen LogP contribution in [0.4, 0.5) is 0 Å². The first-order valence-corrected chi connectivity index (χ1v) is 9.68. The van der Waals surface area contributed by atoms with Gasteiger partial charge in [-0.2, -0.15) is 0 Å². The van der Waals surface area contributed by atoms with Crippen LogP contribution in [0.15, 0.2) is 51.7 Å². The Labute approximate surface area is 171 Å². The number of carbonyl (C=O) groups excluding carboxylic acids is 1. The van der Waals surface area contributed by atoms with E-state index in [1.165, 1.54) is 0 Å². The van der Waals surface area contributed by atoms with Gasteiger partial charge in [-0.05, 0) is 43.7 Å². The monoisotopic (exact) mass is 402 g/mol. The van der Waals surface area contributed by atoms with Gasteiger partial charge >= 0.3 is 5.97 Å². The van der Waals surface area contributed by atoms with Gasteiger partial charge in [0.15, 0.2) is 6.61 Å². The Morgan fingerprint density at radius 2 is 2.10 bits per heavy atom. The van der Waals surface area contributed by atoms with Crippen molar-refractivity contribution in [3.8, 4) is 11.5 Å². The molecule has 5 rings (SSSR count). The van der Waals surface area contributed by atoms with Crippen LogP contribution in [0.5, 0.6) is 0 Å². The minimum atomic E-state index is -0.547. The standard InChI is InChI=1S/C22H18N4O4/c1-13-4-2-5-14(10-13)20-25-24-19(30-20)12-29-22(28)15-7-8-16-17(11-15)23-18-6-3-9-26(18)21(16)27/h2,4-5,7-8,10-11H,3,6,9,12H2,1H3. The lowest BCUT2D eigenvalue weighted by atomic mass is 10.1. The number of rotatable bonds is 4. The zero-order valence-electron chi connectivity index (χ0n) is 16.3. The predicted molar refractivity (Wildman–Crippen MR) is 108 cm³/mol. The highest BCUT2D eigenvalue weighted by atomic mass is 16.5. The molecule has 0 aliphatic carbocycles.